The van der Waals surface area contributed by atoms with Crippen molar-refractivity contribution in [1.29, 1.82) is 0 Å². The maximum atomic E-state index is 12.2. The Morgan fingerprint density at radius 2 is 2.45 bits per heavy atom. The molecule has 1 aliphatic carbocycles. The Morgan fingerprint density at radius 3 is 3.23 bits per heavy atom. The van der Waals surface area contributed by atoms with Gasteiger partial charge < -0.3 is 5.32 Å². The van der Waals surface area contributed by atoms with E-state index in [0.717, 1.165) is 36.6 Å². The van der Waals surface area contributed by atoms with E-state index in [9.17, 15) is 4.79 Å². The molecule has 1 amide bonds. The topological polar surface area (TPSA) is 59.8 Å². The van der Waals surface area contributed by atoms with E-state index in [4.69, 9.17) is 0 Å². The van der Waals surface area contributed by atoms with Gasteiger partial charge in [-0.05, 0) is 43.2 Å². The fraction of sp³-hybridized carbons (Fsp3) is 0.562. The summed E-state index contributed by atoms with van der Waals surface area (Å²) >= 11 is 1.67. The second-order valence-corrected chi connectivity index (χ2v) is 6.98. The number of thiophene rings is 1. The molecule has 0 radical (unpaired) electrons. The summed E-state index contributed by atoms with van der Waals surface area (Å²) in [6, 6.07) is 2.11. The smallest absolute Gasteiger partial charge is 0.261 e. The number of carbonyl (C=O) groups excluding carboxylic acids is 1. The van der Waals surface area contributed by atoms with Gasteiger partial charge in [0.1, 0.15) is 12.7 Å². The van der Waals surface area contributed by atoms with E-state index in [1.807, 2.05) is 0 Å². The van der Waals surface area contributed by atoms with Crippen LogP contribution in [0.5, 0.6) is 0 Å². The van der Waals surface area contributed by atoms with Crippen LogP contribution in [0.2, 0.25) is 0 Å². The Labute approximate surface area is 134 Å². The molecule has 118 valence electrons. The van der Waals surface area contributed by atoms with Crippen LogP contribution in [-0.4, -0.2) is 27.2 Å². The number of hydrogen-bond acceptors (Lipinski definition) is 4. The molecule has 0 spiro atoms. The first-order chi connectivity index (χ1) is 10.8. The van der Waals surface area contributed by atoms with Gasteiger partial charge in [-0.3, -0.25) is 9.48 Å². The summed E-state index contributed by atoms with van der Waals surface area (Å²) < 4.78 is 1.78. The average Bonchev–Trinajstić information content (AvgIpc) is 3.19. The zero-order valence-electron chi connectivity index (χ0n) is 12.9. The molecule has 2 aromatic rings. The van der Waals surface area contributed by atoms with Gasteiger partial charge in [0.25, 0.3) is 5.91 Å². The molecule has 0 aromatic carbocycles. The van der Waals surface area contributed by atoms with Crippen LogP contribution in [0.15, 0.2) is 18.7 Å². The van der Waals surface area contributed by atoms with Crippen molar-refractivity contribution in [3.8, 4) is 0 Å². The van der Waals surface area contributed by atoms with Crippen molar-refractivity contribution in [1.82, 2.24) is 20.1 Å². The lowest BCUT2D eigenvalue weighted by Gasteiger charge is -2.19. The molecule has 0 saturated carbocycles. The summed E-state index contributed by atoms with van der Waals surface area (Å²) in [5.41, 5.74) is 1.40. The third kappa shape index (κ3) is 3.55. The Morgan fingerprint density at radius 1 is 1.55 bits per heavy atom. The maximum Gasteiger partial charge on any atom is 0.261 e. The minimum Gasteiger partial charge on any atom is -0.351 e. The second kappa shape index (κ2) is 7.05. The van der Waals surface area contributed by atoms with Crippen molar-refractivity contribution in [2.45, 2.75) is 45.6 Å². The average molecular weight is 318 g/mol. The van der Waals surface area contributed by atoms with Crippen molar-refractivity contribution in [2.75, 3.05) is 6.54 Å². The van der Waals surface area contributed by atoms with E-state index in [2.05, 4.69) is 28.4 Å². The van der Waals surface area contributed by atoms with Gasteiger partial charge in [0.05, 0.1) is 4.88 Å². The van der Waals surface area contributed by atoms with E-state index in [1.54, 1.807) is 22.3 Å². The molecule has 0 saturated heterocycles. The lowest BCUT2D eigenvalue weighted by molar-refractivity contribution is 0.0956. The highest BCUT2D eigenvalue weighted by molar-refractivity contribution is 7.14. The first-order valence-corrected chi connectivity index (χ1v) is 8.80. The van der Waals surface area contributed by atoms with Crippen LogP contribution in [0.25, 0.3) is 0 Å². The summed E-state index contributed by atoms with van der Waals surface area (Å²) in [5, 5.41) is 7.05. The van der Waals surface area contributed by atoms with Gasteiger partial charge in [0, 0.05) is 18.0 Å². The molecule has 0 fully saturated rings. The number of fused-ring (bicyclic) bond motifs is 1. The molecular weight excluding hydrogens is 296 g/mol. The molecule has 5 nitrogen and oxygen atoms in total. The Bertz CT molecular complexity index is 620. The van der Waals surface area contributed by atoms with Crippen LogP contribution in [0.4, 0.5) is 0 Å². The number of nitrogens with zero attached hydrogens (tertiary/aromatic N) is 3. The van der Waals surface area contributed by atoms with Crippen molar-refractivity contribution >= 4 is 17.2 Å². The zero-order valence-corrected chi connectivity index (χ0v) is 13.7. The fourth-order valence-electron chi connectivity index (χ4n) is 2.94. The highest BCUT2D eigenvalue weighted by Gasteiger charge is 2.21. The van der Waals surface area contributed by atoms with E-state index in [-0.39, 0.29) is 5.91 Å². The number of nitrogens with one attached hydrogen (secondary N) is 1. The van der Waals surface area contributed by atoms with Crippen molar-refractivity contribution < 1.29 is 4.79 Å². The molecule has 0 bridgehead atoms. The lowest BCUT2D eigenvalue weighted by atomic mass is 9.87. The first-order valence-electron chi connectivity index (χ1n) is 7.98. The molecule has 6 heteroatoms. The molecule has 22 heavy (non-hydrogen) atoms. The molecule has 1 N–H and O–H groups in total. The summed E-state index contributed by atoms with van der Waals surface area (Å²) in [7, 11) is 0. The number of amides is 1. The van der Waals surface area contributed by atoms with Crippen molar-refractivity contribution in [3.63, 3.8) is 0 Å². The van der Waals surface area contributed by atoms with Gasteiger partial charge in [-0.1, -0.05) is 13.3 Å². The molecular formula is C16H22N4OS. The summed E-state index contributed by atoms with van der Waals surface area (Å²) in [4.78, 5) is 18.4. The van der Waals surface area contributed by atoms with Gasteiger partial charge in [-0.15, -0.1) is 11.3 Å². The van der Waals surface area contributed by atoms with E-state index in [0.29, 0.717) is 6.54 Å². The van der Waals surface area contributed by atoms with Crippen LogP contribution in [0.3, 0.4) is 0 Å². The van der Waals surface area contributed by atoms with Gasteiger partial charge >= 0.3 is 0 Å². The Kier molecular flexibility index (Phi) is 4.87. The van der Waals surface area contributed by atoms with Crippen LogP contribution in [-0.2, 0) is 19.4 Å². The molecule has 2 aromatic heterocycles. The molecule has 0 aliphatic heterocycles. The van der Waals surface area contributed by atoms with Crippen LogP contribution >= 0.6 is 11.3 Å². The third-order valence-electron chi connectivity index (χ3n) is 4.30. The predicted octanol–water partition coefficient (Wildman–Crippen LogP) is 2.67. The summed E-state index contributed by atoms with van der Waals surface area (Å²) in [5.74, 6) is 0.853. The summed E-state index contributed by atoms with van der Waals surface area (Å²) in [6.45, 7) is 3.70. The van der Waals surface area contributed by atoms with Gasteiger partial charge in [-0.2, -0.15) is 5.10 Å². The second-order valence-electron chi connectivity index (χ2n) is 5.84. The van der Waals surface area contributed by atoms with Gasteiger partial charge in [0.15, 0.2) is 0 Å². The monoisotopic (exact) mass is 318 g/mol. The van der Waals surface area contributed by atoms with Gasteiger partial charge in [0.2, 0.25) is 0 Å². The molecule has 3 rings (SSSR count). The quantitative estimate of drug-likeness (QED) is 0.833. The number of hydrogen-bond donors (Lipinski definition) is 1. The van der Waals surface area contributed by atoms with Gasteiger partial charge in [-0.25, -0.2) is 4.98 Å². The Balaban J connectivity index is 1.49. The minimum atomic E-state index is 0.0611. The maximum absolute atomic E-state index is 12.2. The van der Waals surface area contributed by atoms with E-state index in [1.165, 1.54) is 29.6 Å². The predicted molar refractivity (Wildman–Crippen MR) is 87.1 cm³/mol. The van der Waals surface area contributed by atoms with Crippen molar-refractivity contribution in [3.05, 3.63) is 34.0 Å². The zero-order chi connectivity index (χ0) is 15.4. The molecule has 1 aliphatic rings. The standard InChI is InChI=1S/C16H22N4OS/c1-2-12-4-5-14-13(8-12)9-15(22-14)16(21)18-6-3-7-20-11-17-10-19-20/h9-12H,2-8H2,1H3,(H,18,21). The fourth-order valence-corrected chi connectivity index (χ4v) is 4.06. The molecule has 2 heterocycles. The van der Waals surface area contributed by atoms with Crippen LogP contribution in [0.1, 0.15) is 46.3 Å². The molecule has 1 unspecified atom stereocenters. The highest BCUT2D eigenvalue weighted by atomic mass is 32.1. The first kappa shape index (κ1) is 15.2. The molecule has 1 atom stereocenters. The minimum absolute atomic E-state index is 0.0611. The van der Waals surface area contributed by atoms with E-state index >= 15 is 0 Å². The number of rotatable bonds is 6. The SMILES string of the molecule is CCC1CCc2sc(C(=O)NCCCn3cncn3)cc2C1. The lowest BCUT2D eigenvalue weighted by Crippen LogP contribution is -2.24. The van der Waals surface area contributed by atoms with Crippen LogP contribution < -0.4 is 5.32 Å². The number of aromatic nitrogens is 3. The van der Waals surface area contributed by atoms with Crippen LogP contribution in [0, 0.1) is 5.92 Å². The Hall–Kier alpha value is -1.69. The number of carbonyl (C=O) groups is 1. The summed E-state index contributed by atoms with van der Waals surface area (Å²) in [6.07, 6.45) is 8.86. The van der Waals surface area contributed by atoms with Crippen molar-refractivity contribution in [2.24, 2.45) is 5.92 Å². The highest BCUT2D eigenvalue weighted by Crippen LogP contribution is 2.33. The number of aryl methyl sites for hydroxylation is 2. The largest absolute Gasteiger partial charge is 0.351 e. The third-order valence-corrected chi connectivity index (χ3v) is 5.54. The van der Waals surface area contributed by atoms with E-state index < -0.39 is 0 Å². The normalized spacial score (nSPS) is 17.2.